The average molecular weight is 324 g/mol. The summed E-state index contributed by atoms with van der Waals surface area (Å²) in [6, 6.07) is 10.2. The highest BCUT2D eigenvalue weighted by atomic mass is 32.1. The Hall–Kier alpha value is -2.07. The Morgan fingerprint density at radius 3 is 2.78 bits per heavy atom. The third kappa shape index (κ3) is 3.32. The maximum Gasteiger partial charge on any atom is 0.140 e. The Morgan fingerprint density at radius 2 is 2.00 bits per heavy atom. The maximum absolute atomic E-state index is 12.4. The van der Waals surface area contributed by atoms with E-state index in [1.165, 1.54) is 0 Å². The third-order valence-electron chi connectivity index (χ3n) is 4.26. The Kier molecular flexibility index (Phi) is 4.82. The van der Waals surface area contributed by atoms with Crippen LogP contribution in [-0.2, 0) is 11.2 Å². The van der Waals surface area contributed by atoms with E-state index in [0.717, 1.165) is 39.9 Å². The molecule has 23 heavy (non-hydrogen) atoms. The number of benzene rings is 1. The van der Waals surface area contributed by atoms with Crippen molar-refractivity contribution in [2.75, 3.05) is 0 Å². The normalized spacial score (nSPS) is 11.3. The van der Waals surface area contributed by atoms with Gasteiger partial charge in [0.1, 0.15) is 12.1 Å². The fraction of sp³-hybridized carbons (Fsp3) is 0.316. The molecule has 0 atom stereocenters. The number of nitrogens with zero attached hydrogens (tertiary/aromatic N) is 2. The molecule has 2 aromatic heterocycles. The molecule has 3 nitrogen and oxygen atoms in total. The summed E-state index contributed by atoms with van der Waals surface area (Å²) < 4.78 is 1.09. The van der Waals surface area contributed by atoms with Crippen LogP contribution in [0.25, 0.3) is 21.5 Å². The molecule has 0 aliphatic heterocycles. The van der Waals surface area contributed by atoms with Crippen molar-refractivity contribution in [2.45, 2.75) is 33.1 Å². The molecule has 118 valence electrons. The second-order valence-electron chi connectivity index (χ2n) is 5.71. The summed E-state index contributed by atoms with van der Waals surface area (Å²) in [5, 5.41) is 2.03. The zero-order valence-electron chi connectivity index (χ0n) is 13.5. The van der Waals surface area contributed by atoms with Crippen molar-refractivity contribution in [3.8, 4) is 11.3 Å². The van der Waals surface area contributed by atoms with E-state index in [2.05, 4.69) is 29.9 Å². The zero-order valence-corrected chi connectivity index (χ0v) is 14.3. The van der Waals surface area contributed by atoms with Crippen LogP contribution in [0.15, 0.2) is 42.0 Å². The topological polar surface area (TPSA) is 42.9 Å². The molecule has 2 heterocycles. The Morgan fingerprint density at radius 1 is 1.17 bits per heavy atom. The molecule has 0 radical (unpaired) electrons. The van der Waals surface area contributed by atoms with Gasteiger partial charge in [-0.05, 0) is 35.9 Å². The Bertz CT molecular complexity index is 821. The lowest BCUT2D eigenvalue weighted by Crippen LogP contribution is -2.15. The van der Waals surface area contributed by atoms with E-state index < -0.39 is 0 Å². The Balaban J connectivity index is 1.91. The SMILES string of the molecule is CCC(CC)C(=O)Cc1cccc(-c2ncnc3ccsc23)c1. The lowest BCUT2D eigenvalue weighted by Gasteiger charge is -2.11. The minimum atomic E-state index is 0.168. The van der Waals surface area contributed by atoms with Crippen LogP contribution in [0.1, 0.15) is 32.3 Å². The number of fused-ring (bicyclic) bond motifs is 1. The summed E-state index contributed by atoms with van der Waals surface area (Å²) in [6.45, 7) is 4.16. The van der Waals surface area contributed by atoms with Gasteiger partial charge in [-0.1, -0.05) is 32.0 Å². The highest BCUT2D eigenvalue weighted by Gasteiger charge is 2.15. The fourth-order valence-corrected chi connectivity index (χ4v) is 3.77. The largest absolute Gasteiger partial charge is 0.299 e. The number of hydrogen-bond acceptors (Lipinski definition) is 4. The maximum atomic E-state index is 12.4. The highest BCUT2D eigenvalue weighted by Crippen LogP contribution is 2.30. The van der Waals surface area contributed by atoms with E-state index in [0.29, 0.717) is 12.2 Å². The first kappa shape index (κ1) is 15.8. The van der Waals surface area contributed by atoms with Crippen LogP contribution in [0.3, 0.4) is 0 Å². The van der Waals surface area contributed by atoms with Crippen molar-refractivity contribution in [2.24, 2.45) is 5.92 Å². The van der Waals surface area contributed by atoms with Gasteiger partial charge in [-0.25, -0.2) is 9.97 Å². The van der Waals surface area contributed by atoms with E-state index in [-0.39, 0.29) is 5.92 Å². The van der Waals surface area contributed by atoms with Crippen molar-refractivity contribution < 1.29 is 4.79 Å². The molecule has 0 saturated heterocycles. The number of hydrogen-bond donors (Lipinski definition) is 0. The number of carbonyl (C=O) groups is 1. The standard InChI is InChI=1S/C19H20N2OS/c1-3-14(4-2)17(22)11-13-6-5-7-15(10-13)18-19-16(8-9-23-19)20-12-21-18/h5-10,12,14H,3-4,11H2,1-2H3. The molecule has 0 unspecified atom stereocenters. The van der Waals surface area contributed by atoms with E-state index in [9.17, 15) is 4.79 Å². The molecule has 4 heteroatoms. The molecule has 0 spiro atoms. The summed E-state index contributed by atoms with van der Waals surface area (Å²) in [5.74, 6) is 0.498. The molecule has 0 aliphatic rings. The first-order valence-electron chi connectivity index (χ1n) is 8.03. The molecule has 0 aliphatic carbocycles. The molecule has 0 fully saturated rings. The predicted octanol–water partition coefficient (Wildman–Crippen LogP) is 4.91. The number of ketones is 1. The van der Waals surface area contributed by atoms with E-state index in [1.807, 2.05) is 29.6 Å². The van der Waals surface area contributed by atoms with Crippen LogP contribution in [0.2, 0.25) is 0 Å². The summed E-state index contributed by atoms with van der Waals surface area (Å²) in [6.07, 6.45) is 3.93. The number of carbonyl (C=O) groups excluding carboxylic acids is 1. The first-order valence-corrected chi connectivity index (χ1v) is 8.91. The number of rotatable bonds is 6. The van der Waals surface area contributed by atoms with Crippen molar-refractivity contribution in [3.63, 3.8) is 0 Å². The molecule has 1 aromatic carbocycles. The fourth-order valence-electron chi connectivity index (χ4n) is 2.91. The van der Waals surface area contributed by atoms with Crippen LogP contribution < -0.4 is 0 Å². The van der Waals surface area contributed by atoms with E-state index in [4.69, 9.17) is 0 Å². The highest BCUT2D eigenvalue weighted by molar-refractivity contribution is 7.17. The molecule has 0 amide bonds. The lowest BCUT2D eigenvalue weighted by molar-refractivity contribution is -0.122. The molecular formula is C19H20N2OS. The van der Waals surface area contributed by atoms with Gasteiger partial charge >= 0.3 is 0 Å². The van der Waals surface area contributed by atoms with Crippen molar-refractivity contribution >= 4 is 27.3 Å². The van der Waals surface area contributed by atoms with E-state index in [1.54, 1.807) is 17.7 Å². The second-order valence-corrected chi connectivity index (χ2v) is 6.63. The summed E-state index contributed by atoms with van der Waals surface area (Å²) in [5.41, 5.74) is 4.03. The van der Waals surface area contributed by atoms with Gasteiger partial charge in [-0.2, -0.15) is 0 Å². The van der Waals surface area contributed by atoms with Crippen LogP contribution in [0.4, 0.5) is 0 Å². The minimum Gasteiger partial charge on any atom is -0.299 e. The third-order valence-corrected chi connectivity index (χ3v) is 5.17. The molecule has 3 aromatic rings. The monoisotopic (exact) mass is 324 g/mol. The predicted molar refractivity (Wildman–Crippen MR) is 95.6 cm³/mol. The van der Waals surface area contributed by atoms with Crippen molar-refractivity contribution in [3.05, 3.63) is 47.6 Å². The van der Waals surface area contributed by atoms with Gasteiger partial charge in [-0.15, -0.1) is 11.3 Å². The quantitative estimate of drug-likeness (QED) is 0.647. The number of Topliss-reactive ketones (excluding diaryl/α,β-unsaturated/α-hetero) is 1. The van der Waals surface area contributed by atoms with Gasteiger partial charge in [0.05, 0.1) is 15.9 Å². The lowest BCUT2D eigenvalue weighted by atomic mass is 9.93. The molecular weight excluding hydrogens is 304 g/mol. The van der Waals surface area contributed by atoms with Gasteiger partial charge in [0.25, 0.3) is 0 Å². The van der Waals surface area contributed by atoms with Gasteiger partial charge in [0.15, 0.2) is 0 Å². The van der Waals surface area contributed by atoms with Crippen LogP contribution in [0, 0.1) is 5.92 Å². The van der Waals surface area contributed by atoms with Crippen LogP contribution >= 0.6 is 11.3 Å². The van der Waals surface area contributed by atoms with Crippen molar-refractivity contribution in [1.82, 2.24) is 9.97 Å². The number of thiophene rings is 1. The molecule has 3 rings (SSSR count). The van der Waals surface area contributed by atoms with Crippen molar-refractivity contribution in [1.29, 1.82) is 0 Å². The summed E-state index contributed by atoms with van der Waals surface area (Å²) in [7, 11) is 0. The van der Waals surface area contributed by atoms with Gasteiger partial charge in [-0.3, -0.25) is 4.79 Å². The second kappa shape index (κ2) is 7.01. The summed E-state index contributed by atoms with van der Waals surface area (Å²) >= 11 is 1.65. The van der Waals surface area contributed by atoms with E-state index >= 15 is 0 Å². The minimum absolute atomic E-state index is 0.168. The molecule has 0 saturated carbocycles. The summed E-state index contributed by atoms with van der Waals surface area (Å²) in [4.78, 5) is 21.1. The molecule has 0 N–H and O–H groups in total. The van der Waals surface area contributed by atoms with Gasteiger partial charge in [0, 0.05) is 17.9 Å². The smallest absolute Gasteiger partial charge is 0.140 e. The zero-order chi connectivity index (χ0) is 16.2. The van der Waals surface area contributed by atoms with Gasteiger partial charge < -0.3 is 0 Å². The Labute approximate surface area is 140 Å². The number of aromatic nitrogens is 2. The molecule has 0 bridgehead atoms. The van der Waals surface area contributed by atoms with Gasteiger partial charge in [0.2, 0.25) is 0 Å². The van der Waals surface area contributed by atoms with Crippen LogP contribution in [0.5, 0.6) is 0 Å². The first-order chi connectivity index (χ1) is 11.2. The average Bonchev–Trinajstić information content (AvgIpc) is 3.04. The van der Waals surface area contributed by atoms with Crippen LogP contribution in [-0.4, -0.2) is 15.8 Å².